The van der Waals surface area contributed by atoms with E-state index in [4.69, 9.17) is 4.52 Å². The molecular weight excluding hydrogens is 366 g/mol. The number of hydrogen-bond acceptors (Lipinski definition) is 5. The topological polar surface area (TPSA) is 92.5 Å². The van der Waals surface area contributed by atoms with E-state index < -0.39 is 15.9 Å². The van der Waals surface area contributed by atoms with E-state index >= 15 is 0 Å². The lowest BCUT2D eigenvalue weighted by molar-refractivity contribution is 0.0988. The number of aryl methyl sites for hydroxylation is 1. The minimum atomic E-state index is -3.62. The van der Waals surface area contributed by atoms with Crippen LogP contribution in [0.25, 0.3) is 0 Å². The van der Waals surface area contributed by atoms with Crippen molar-refractivity contribution in [1.29, 1.82) is 0 Å². The van der Waals surface area contributed by atoms with Gasteiger partial charge in [-0.1, -0.05) is 23.4 Å². The van der Waals surface area contributed by atoms with Crippen molar-refractivity contribution < 1.29 is 17.7 Å². The number of amides is 1. The van der Waals surface area contributed by atoms with Crippen molar-refractivity contribution in [3.8, 4) is 0 Å². The van der Waals surface area contributed by atoms with Crippen molar-refractivity contribution in [2.75, 3.05) is 16.2 Å². The van der Waals surface area contributed by atoms with Crippen LogP contribution in [0, 0.1) is 0 Å². The molecule has 138 valence electrons. The van der Waals surface area contributed by atoms with Gasteiger partial charge < -0.3 is 9.84 Å². The fourth-order valence-electron chi connectivity index (χ4n) is 3.14. The summed E-state index contributed by atoms with van der Waals surface area (Å²) in [6.45, 7) is 0.425. The number of fused-ring (bicyclic) bond motifs is 1. The van der Waals surface area contributed by atoms with E-state index in [1.54, 1.807) is 48.5 Å². The van der Waals surface area contributed by atoms with E-state index in [0.29, 0.717) is 24.3 Å². The van der Waals surface area contributed by atoms with Crippen LogP contribution in [-0.2, 0) is 16.4 Å². The second-order valence-corrected chi connectivity index (χ2v) is 8.03. The zero-order valence-electron chi connectivity index (χ0n) is 14.3. The molecule has 1 amide bonds. The average molecular weight is 383 g/mol. The Kier molecular flexibility index (Phi) is 4.41. The summed E-state index contributed by atoms with van der Waals surface area (Å²) in [4.78, 5) is 12.4. The molecule has 7 nitrogen and oxygen atoms in total. The Morgan fingerprint density at radius 3 is 2.67 bits per heavy atom. The predicted octanol–water partition coefficient (Wildman–Crippen LogP) is 3.07. The van der Waals surface area contributed by atoms with Crippen LogP contribution < -0.4 is 9.62 Å². The summed E-state index contributed by atoms with van der Waals surface area (Å²) in [6, 6.07) is 15.1. The van der Waals surface area contributed by atoms with Gasteiger partial charge in [0.15, 0.2) is 0 Å². The van der Waals surface area contributed by atoms with Crippen LogP contribution in [0.15, 0.2) is 70.2 Å². The number of sulfonamides is 1. The van der Waals surface area contributed by atoms with Crippen LogP contribution in [0.4, 0.5) is 11.4 Å². The van der Waals surface area contributed by atoms with Gasteiger partial charge in [-0.3, -0.25) is 9.10 Å². The molecule has 0 radical (unpaired) electrons. The zero-order valence-corrected chi connectivity index (χ0v) is 15.1. The molecule has 0 atom stereocenters. The predicted molar refractivity (Wildman–Crippen MR) is 100 cm³/mol. The molecule has 4 rings (SSSR count). The third kappa shape index (κ3) is 3.31. The Balaban J connectivity index is 1.63. The summed E-state index contributed by atoms with van der Waals surface area (Å²) in [5.41, 5.74) is 2.09. The second kappa shape index (κ2) is 6.88. The molecule has 1 N–H and O–H groups in total. The first-order chi connectivity index (χ1) is 13.1. The van der Waals surface area contributed by atoms with Gasteiger partial charge in [0.05, 0.1) is 16.8 Å². The van der Waals surface area contributed by atoms with Crippen molar-refractivity contribution in [3.63, 3.8) is 0 Å². The van der Waals surface area contributed by atoms with E-state index in [-0.39, 0.29) is 10.7 Å². The van der Waals surface area contributed by atoms with Crippen LogP contribution >= 0.6 is 0 Å². The van der Waals surface area contributed by atoms with E-state index in [1.807, 2.05) is 0 Å². The summed E-state index contributed by atoms with van der Waals surface area (Å²) in [5.74, 6) is -0.293. The maximum absolute atomic E-state index is 13.0. The summed E-state index contributed by atoms with van der Waals surface area (Å²) in [6.07, 6.45) is 2.84. The molecule has 2 heterocycles. The standard InChI is InChI=1S/C19H17N3O4S/c23-19(18-10-11-20-26-18)21-15-8-9-17-14(13-15)5-4-12-22(17)27(24,25)16-6-2-1-3-7-16/h1-3,6-11,13H,4-5,12H2,(H,21,23). The van der Waals surface area contributed by atoms with Crippen LogP contribution in [0.3, 0.4) is 0 Å². The smallest absolute Gasteiger partial charge is 0.294 e. The highest BCUT2D eigenvalue weighted by atomic mass is 32.2. The van der Waals surface area contributed by atoms with E-state index in [2.05, 4.69) is 10.5 Å². The van der Waals surface area contributed by atoms with Crippen molar-refractivity contribution >= 4 is 27.3 Å². The second-order valence-electron chi connectivity index (χ2n) is 6.17. The summed E-state index contributed by atoms with van der Waals surface area (Å²) in [5, 5.41) is 6.25. The number of hydrogen-bond donors (Lipinski definition) is 1. The van der Waals surface area contributed by atoms with Crippen LogP contribution in [0.5, 0.6) is 0 Å². The molecule has 1 aliphatic rings. The normalized spacial score (nSPS) is 13.9. The van der Waals surface area contributed by atoms with Crippen LogP contribution in [-0.4, -0.2) is 26.0 Å². The Hall–Kier alpha value is -3.13. The molecule has 0 unspecified atom stereocenters. The number of benzene rings is 2. The number of nitrogens with one attached hydrogen (secondary N) is 1. The fourth-order valence-corrected chi connectivity index (χ4v) is 4.70. The highest BCUT2D eigenvalue weighted by Crippen LogP contribution is 2.33. The molecule has 0 aliphatic carbocycles. The maximum atomic E-state index is 13.0. The van der Waals surface area contributed by atoms with Crippen LogP contribution in [0.2, 0.25) is 0 Å². The fraction of sp³-hybridized carbons (Fsp3) is 0.158. The van der Waals surface area contributed by atoms with Crippen LogP contribution in [0.1, 0.15) is 22.5 Å². The molecule has 0 saturated carbocycles. The minimum absolute atomic E-state index is 0.112. The molecule has 0 spiro atoms. The van der Waals surface area contributed by atoms with E-state index in [0.717, 1.165) is 12.0 Å². The molecular formula is C19H17N3O4S. The third-order valence-corrected chi connectivity index (χ3v) is 6.23. The van der Waals surface area contributed by atoms with Crippen molar-refractivity contribution in [2.45, 2.75) is 17.7 Å². The Morgan fingerprint density at radius 1 is 1.11 bits per heavy atom. The Labute approximate surface area is 156 Å². The van der Waals surface area contributed by atoms with Gasteiger partial charge in [0, 0.05) is 18.3 Å². The molecule has 0 saturated heterocycles. The molecule has 1 aromatic heterocycles. The van der Waals surface area contributed by atoms with E-state index in [9.17, 15) is 13.2 Å². The monoisotopic (exact) mass is 383 g/mol. The molecule has 0 fully saturated rings. The van der Waals surface area contributed by atoms with Gasteiger partial charge in [-0.05, 0) is 48.7 Å². The molecule has 0 bridgehead atoms. The van der Waals surface area contributed by atoms with Gasteiger partial charge in [0.2, 0.25) is 5.76 Å². The first-order valence-corrected chi connectivity index (χ1v) is 9.92. The zero-order chi connectivity index (χ0) is 18.9. The summed E-state index contributed by atoms with van der Waals surface area (Å²) >= 11 is 0. The van der Waals surface area contributed by atoms with Gasteiger partial charge in [-0.2, -0.15) is 0 Å². The number of anilines is 2. The van der Waals surface area contributed by atoms with Gasteiger partial charge >= 0.3 is 0 Å². The molecule has 1 aliphatic heterocycles. The number of rotatable bonds is 4. The van der Waals surface area contributed by atoms with Gasteiger partial charge in [0.25, 0.3) is 15.9 Å². The van der Waals surface area contributed by atoms with Crippen molar-refractivity contribution in [2.24, 2.45) is 0 Å². The number of aromatic nitrogens is 1. The first-order valence-electron chi connectivity index (χ1n) is 8.48. The SMILES string of the molecule is O=C(Nc1ccc2c(c1)CCCN2S(=O)(=O)c1ccccc1)c1ccno1. The molecule has 3 aromatic rings. The first kappa shape index (κ1) is 17.3. The highest BCUT2D eigenvalue weighted by molar-refractivity contribution is 7.92. The van der Waals surface area contributed by atoms with E-state index in [1.165, 1.54) is 16.6 Å². The molecule has 27 heavy (non-hydrogen) atoms. The Morgan fingerprint density at radius 2 is 1.93 bits per heavy atom. The maximum Gasteiger partial charge on any atom is 0.294 e. The van der Waals surface area contributed by atoms with Crippen molar-refractivity contribution in [1.82, 2.24) is 5.16 Å². The largest absolute Gasteiger partial charge is 0.351 e. The quantitative estimate of drug-likeness (QED) is 0.747. The number of nitrogens with zero attached hydrogens (tertiary/aromatic N) is 2. The number of carbonyl (C=O) groups excluding carboxylic acids is 1. The lowest BCUT2D eigenvalue weighted by atomic mass is 10.0. The van der Waals surface area contributed by atoms with Gasteiger partial charge in [0.1, 0.15) is 0 Å². The summed E-state index contributed by atoms with van der Waals surface area (Å²) < 4.78 is 32.3. The molecule has 8 heteroatoms. The third-order valence-electron chi connectivity index (χ3n) is 4.41. The highest BCUT2D eigenvalue weighted by Gasteiger charge is 2.29. The van der Waals surface area contributed by atoms with Crippen molar-refractivity contribution in [3.05, 3.63) is 72.1 Å². The lowest BCUT2D eigenvalue weighted by Crippen LogP contribution is -2.35. The number of carbonyl (C=O) groups is 1. The molecule has 2 aromatic carbocycles. The van der Waals surface area contributed by atoms with Gasteiger partial charge in [-0.25, -0.2) is 8.42 Å². The summed E-state index contributed by atoms with van der Waals surface area (Å²) in [7, 11) is -3.62. The minimum Gasteiger partial charge on any atom is -0.351 e. The Bertz CT molecular complexity index is 1060. The lowest BCUT2D eigenvalue weighted by Gasteiger charge is -2.30. The van der Waals surface area contributed by atoms with Gasteiger partial charge in [-0.15, -0.1) is 0 Å². The average Bonchev–Trinajstić information content (AvgIpc) is 3.23.